The molecule has 0 aromatic carbocycles. The van der Waals surface area contributed by atoms with Crippen molar-refractivity contribution in [3.8, 4) is 0 Å². The Kier molecular flexibility index (Phi) is 32.7. The lowest BCUT2D eigenvalue weighted by molar-refractivity contribution is -0.301. The maximum Gasteiger partial charge on any atom is 0.397 e. The summed E-state index contributed by atoms with van der Waals surface area (Å²) in [7, 11) is -5.06. The van der Waals surface area contributed by atoms with Crippen molar-refractivity contribution in [2.24, 2.45) is 0 Å². The SMILES string of the molecule is CC/C=C\C/C=C\C/C=C\C/C=C\C/C=C\C/C=C\CCCCCCCOCC(COC1OC(CO)C(O)C(OS(=O)(=O)O)C1O)OC(=O)CCCCCCCC. The first-order valence-electron chi connectivity index (χ1n) is 21.2. The monoisotopic (exact) mass is 826 g/mol. The molecule has 6 unspecified atom stereocenters. The van der Waals surface area contributed by atoms with E-state index in [2.05, 4.69) is 90.9 Å². The van der Waals surface area contributed by atoms with Crippen molar-refractivity contribution in [3.63, 3.8) is 0 Å². The number of carbonyl (C=O) groups excluding carboxylic acids is 1. The Morgan fingerprint density at radius 3 is 1.77 bits per heavy atom. The van der Waals surface area contributed by atoms with Gasteiger partial charge >= 0.3 is 16.4 Å². The Balaban J connectivity index is 2.34. The average Bonchev–Trinajstić information content (AvgIpc) is 3.18. The Bertz CT molecular complexity index is 1280. The van der Waals surface area contributed by atoms with Crippen molar-refractivity contribution < 1.29 is 56.2 Å². The molecule has 0 aliphatic carbocycles. The number of hydrogen-bond donors (Lipinski definition) is 4. The van der Waals surface area contributed by atoms with Gasteiger partial charge in [0.25, 0.3) is 0 Å². The molecule has 0 bridgehead atoms. The van der Waals surface area contributed by atoms with Gasteiger partial charge in [0.2, 0.25) is 0 Å². The molecular formula is C44H74O12S. The van der Waals surface area contributed by atoms with E-state index in [0.29, 0.717) is 13.0 Å². The Morgan fingerprint density at radius 1 is 0.684 bits per heavy atom. The molecule has 57 heavy (non-hydrogen) atoms. The van der Waals surface area contributed by atoms with Crippen molar-refractivity contribution >= 4 is 16.4 Å². The molecule has 4 N–H and O–H groups in total. The summed E-state index contributed by atoms with van der Waals surface area (Å²) in [5.41, 5.74) is 0. The summed E-state index contributed by atoms with van der Waals surface area (Å²) in [5.74, 6) is -0.420. The number of carbonyl (C=O) groups is 1. The lowest BCUT2D eigenvalue weighted by Crippen LogP contribution is -2.60. The van der Waals surface area contributed by atoms with Gasteiger partial charge in [-0.2, -0.15) is 8.42 Å². The highest BCUT2D eigenvalue weighted by molar-refractivity contribution is 7.80. The van der Waals surface area contributed by atoms with E-state index in [4.69, 9.17) is 23.5 Å². The van der Waals surface area contributed by atoms with E-state index in [1.165, 1.54) is 0 Å². The highest BCUT2D eigenvalue weighted by Gasteiger charge is 2.48. The normalized spacial score (nSPS) is 21.4. The Morgan fingerprint density at radius 2 is 1.21 bits per heavy atom. The molecule has 0 aromatic rings. The highest BCUT2D eigenvalue weighted by atomic mass is 32.3. The highest BCUT2D eigenvalue weighted by Crippen LogP contribution is 2.26. The van der Waals surface area contributed by atoms with Gasteiger partial charge in [-0.25, -0.2) is 4.18 Å². The van der Waals surface area contributed by atoms with Crippen molar-refractivity contribution in [3.05, 3.63) is 72.9 Å². The summed E-state index contributed by atoms with van der Waals surface area (Å²) in [6, 6.07) is 0. The molecule has 12 nitrogen and oxygen atoms in total. The van der Waals surface area contributed by atoms with Crippen molar-refractivity contribution in [1.29, 1.82) is 0 Å². The van der Waals surface area contributed by atoms with Gasteiger partial charge in [0.15, 0.2) is 6.29 Å². The Hall–Kier alpha value is -2.46. The summed E-state index contributed by atoms with van der Waals surface area (Å²) in [6.45, 7) is 3.72. The molecule has 6 atom stereocenters. The zero-order chi connectivity index (χ0) is 41.8. The number of aliphatic hydroxyl groups excluding tert-OH is 3. The number of unbranched alkanes of at least 4 members (excludes halogenated alkanes) is 10. The van der Waals surface area contributed by atoms with Crippen LogP contribution in [0.1, 0.15) is 136 Å². The van der Waals surface area contributed by atoms with Gasteiger partial charge in [0, 0.05) is 13.0 Å². The zero-order valence-corrected chi connectivity index (χ0v) is 35.4. The van der Waals surface area contributed by atoms with Crippen LogP contribution in [-0.2, 0) is 38.3 Å². The first-order chi connectivity index (χ1) is 27.6. The van der Waals surface area contributed by atoms with Crippen molar-refractivity contribution in [1.82, 2.24) is 0 Å². The van der Waals surface area contributed by atoms with Gasteiger partial charge in [-0.1, -0.05) is 138 Å². The lowest BCUT2D eigenvalue weighted by atomic mass is 9.99. The summed E-state index contributed by atoms with van der Waals surface area (Å²) < 4.78 is 58.7. The minimum Gasteiger partial charge on any atom is -0.457 e. The van der Waals surface area contributed by atoms with Crippen LogP contribution in [0.4, 0.5) is 0 Å². The molecule has 1 saturated heterocycles. The van der Waals surface area contributed by atoms with Crippen LogP contribution in [0.3, 0.4) is 0 Å². The van der Waals surface area contributed by atoms with E-state index < -0.39 is 59.8 Å². The maximum absolute atomic E-state index is 12.6. The lowest BCUT2D eigenvalue weighted by Gasteiger charge is -2.41. The molecule has 0 spiro atoms. The van der Waals surface area contributed by atoms with Crippen LogP contribution in [0.15, 0.2) is 72.9 Å². The minimum absolute atomic E-state index is 0.0186. The van der Waals surface area contributed by atoms with E-state index in [0.717, 1.165) is 109 Å². The van der Waals surface area contributed by atoms with Crippen LogP contribution < -0.4 is 0 Å². The van der Waals surface area contributed by atoms with Gasteiger partial charge in [-0.3, -0.25) is 9.35 Å². The Labute approximate surface area is 343 Å². The van der Waals surface area contributed by atoms with E-state index in [1.807, 2.05) is 0 Å². The van der Waals surface area contributed by atoms with Crippen LogP contribution >= 0.6 is 0 Å². The topological polar surface area (TPSA) is 178 Å². The summed E-state index contributed by atoms with van der Waals surface area (Å²) in [6.07, 6.45) is 35.5. The standard InChI is InChI=1S/C44H74O12S/c1-3-5-7-9-11-12-13-14-15-16-17-18-19-20-21-22-23-24-25-26-27-28-30-32-34-52-36-38(54-40(46)33-31-29-10-8-6-4-2)37-53-44-42(48)43(56-57(49,50)51)41(47)39(35-45)55-44/h5,7,11-12,14-15,17-18,20-21,23-24,38-39,41-45,47-48H,3-4,6,8-10,13,16,19,22,25-37H2,1-2H3,(H,49,50,51)/b7-5-,12-11-,15-14-,18-17-,21-20-,24-23-. The fourth-order valence-electron chi connectivity index (χ4n) is 5.91. The van der Waals surface area contributed by atoms with Crippen LogP contribution in [0, 0.1) is 0 Å². The first-order valence-corrected chi connectivity index (χ1v) is 22.6. The smallest absolute Gasteiger partial charge is 0.397 e. The van der Waals surface area contributed by atoms with Crippen molar-refractivity contribution in [2.75, 3.05) is 26.4 Å². The third-order valence-electron chi connectivity index (χ3n) is 9.09. The molecule has 1 fully saturated rings. The zero-order valence-electron chi connectivity index (χ0n) is 34.6. The fraction of sp³-hybridized carbons (Fsp3) is 0.705. The number of rotatable bonds is 35. The van der Waals surface area contributed by atoms with Gasteiger partial charge in [-0.05, 0) is 64.2 Å². The van der Waals surface area contributed by atoms with E-state index in [9.17, 15) is 28.5 Å². The van der Waals surface area contributed by atoms with Crippen LogP contribution in [0.25, 0.3) is 0 Å². The molecule has 1 heterocycles. The van der Waals surface area contributed by atoms with E-state index in [1.54, 1.807) is 0 Å². The average molecular weight is 827 g/mol. The summed E-state index contributed by atoms with van der Waals surface area (Å²) >= 11 is 0. The van der Waals surface area contributed by atoms with Crippen LogP contribution in [0.2, 0.25) is 0 Å². The predicted octanol–water partition coefficient (Wildman–Crippen LogP) is 8.35. The molecule has 1 rings (SSSR count). The van der Waals surface area contributed by atoms with Gasteiger partial charge in [0.1, 0.15) is 30.5 Å². The fourth-order valence-corrected chi connectivity index (χ4v) is 6.42. The number of allylic oxidation sites excluding steroid dienone is 12. The molecular weight excluding hydrogens is 753 g/mol. The molecule has 1 aliphatic heterocycles. The van der Waals surface area contributed by atoms with E-state index in [-0.39, 0.29) is 19.6 Å². The van der Waals surface area contributed by atoms with Gasteiger partial charge < -0.3 is 34.3 Å². The summed E-state index contributed by atoms with van der Waals surface area (Å²) in [5, 5.41) is 30.5. The van der Waals surface area contributed by atoms with Gasteiger partial charge in [-0.15, -0.1) is 0 Å². The largest absolute Gasteiger partial charge is 0.457 e. The van der Waals surface area contributed by atoms with E-state index >= 15 is 0 Å². The van der Waals surface area contributed by atoms with Gasteiger partial charge in [0.05, 0.1) is 19.8 Å². The third-order valence-corrected chi connectivity index (χ3v) is 9.56. The first kappa shape index (κ1) is 52.6. The number of ether oxygens (including phenoxy) is 4. The second kappa shape index (κ2) is 35.5. The van der Waals surface area contributed by atoms with Crippen LogP contribution in [0.5, 0.6) is 0 Å². The second-order valence-electron chi connectivity index (χ2n) is 14.2. The number of aliphatic hydroxyl groups is 3. The molecule has 1 aliphatic rings. The quantitative estimate of drug-likeness (QED) is 0.0208. The number of hydrogen-bond acceptors (Lipinski definition) is 11. The third kappa shape index (κ3) is 29.4. The van der Waals surface area contributed by atoms with Crippen LogP contribution in [-0.4, -0.2) is 97.5 Å². The predicted molar refractivity (Wildman–Crippen MR) is 225 cm³/mol. The maximum atomic E-state index is 12.6. The second-order valence-corrected chi connectivity index (χ2v) is 15.3. The number of esters is 1. The van der Waals surface area contributed by atoms with Crippen molar-refractivity contribution in [2.45, 2.75) is 173 Å². The summed E-state index contributed by atoms with van der Waals surface area (Å²) in [4.78, 5) is 12.6. The molecule has 13 heteroatoms. The molecule has 328 valence electrons. The molecule has 0 aromatic heterocycles. The molecule has 0 radical (unpaired) electrons. The minimum atomic E-state index is -5.06. The molecule has 0 saturated carbocycles. The molecule has 0 amide bonds.